The topological polar surface area (TPSA) is 159 Å². The maximum atomic E-state index is 13.5. The molecule has 0 radical (unpaired) electrons. The van der Waals surface area contributed by atoms with Gasteiger partial charge in [0, 0.05) is 25.1 Å². The minimum Gasteiger partial charge on any atom is -0.387 e. The van der Waals surface area contributed by atoms with Crippen LogP contribution < -0.4 is 5.32 Å². The Kier molecular flexibility index (Phi) is 6.76. The number of rotatable bonds is 7. The van der Waals surface area contributed by atoms with E-state index in [0.29, 0.717) is 35.5 Å². The molecule has 2 aromatic heterocycles. The lowest BCUT2D eigenvalue weighted by Crippen LogP contribution is -2.34. The number of nitrogens with one attached hydrogen (secondary N) is 1. The van der Waals surface area contributed by atoms with Gasteiger partial charge in [-0.2, -0.15) is 0 Å². The van der Waals surface area contributed by atoms with Crippen LogP contribution in [0.3, 0.4) is 0 Å². The summed E-state index contributed by atoms with van der Waals surface area (Å²) in [6, 6.07) is 1.55. The van der Waals surface area contributed by atoms with E-state index in [1.54, 1.807) is 19.2 Å². The Labute approximate surface area is 187 Å². The monoisotopic (exact) mass is 492 g/mol. The van der Waals surface area contributed by atoms with Crippen LogP contribution in [0.4, 0.5) is 14.6 Å². The predicted octanol–water partition coefficient (Wildman–Crippen LogP) is 1.50. The average Bonchev–Trinajstić information content (AvgIpc) is 3.25. The smallest absolute Gasteiger partial charge is 0.350 e. The fourth-order valence-electron chi connectivity index (χ4n) is 4.22. The third-order valence-corrected chi connectivity index (χ3v) is 6.41. The maximum Gasteiger partial charge on any atom is 0.350 e. The van der Waals surface area contributed by atoms with Crippen molar-refractivity contribution in [2.45, 2.75) is 69.1 Å². The van der Waals surface area contributed by atoms with Gasteiger partial charge in [-0.3, -0.25) is 4.57 Å². The Morgan fingerprint density at radius 1 is 1.27 bits per heavy atom. The zero-order valence-electron chi connectivity index (χ0n) is 17.8. The standard InChI is InChI=1S/C19H27F2N4O7P/c1-10-22-16(24-11-2-5-19(20,21)6-3-11)12-4-7-25(17(12)23-10)18-15(27)14(26)13(32-18)8-31-9-33(28,29)30/h4,7,11,13-15,18,26-27H,2-3,5-6,8-9H2,1H3,(H,22,23,24)(H2,28,29,30)/t13-,14-,15-,18-/m1/s1. The van der Waals surface area contributed by atoms with Crippen molar-refractivity contribution in [2.24, 2.45) is 0 Å². The van der Waals surface area contributed by atoms with Crippen molar-refractivity contribution in [2.75, 3.05) is 18.3 Å². The van der Waals surface area contributed by atoms with Crippen LogP contribution in [0, 0.1) is 6.92 Å². The lowest BCUT2D eigenvalue weighted by atomic mass is 9.92. The molecule has 5 N–H and O–H groups in total. The molecule has 0 spiro atoms. The molecule has 2 aromatic rings. The number of halogens is 2. The highest BCUT2D eigenvalue weighted by molar-refractivity contribution is 7.51. The first-order valence-corrected chi connectivity index (χ1v) is 12.4. The Bertz CT molecular complexity index is 1040. The second-order valence-corrected chi connectivity index (χ2v) is 10.2. The Hall–Kier alpha value is -1.73. The van der Waals surface area contributed by atoms with E-state index in [-0.39, 0.29) is 25.5 Å². The van der Waals surface area contributed by atoms with Gasteiger partial charge >= 0.3 is 7.60 Å². The molecule has 33 heavy (non-hydrogen) atoms. The van der Waals surface area contributed by atoms with Crippen LogP contribution in [0.15, 0.2) is 12.3 Å². The van der Waals surface area contributed by atoms with Crippen LogP contribution in [0.1, 0.15) is 37.7 Å². The molecule has 2 aliphatic rings. The SMILES string of the molecule is Cc1nc(NC2CCC(F)(F)CC2)c2ccn([C@@H]3O[C@H](COCP(=O)(O)O)[C@@H](O)[C@H]3O)c2n1. The quantitative estimate of drug-likeness (QED) is 0.359. The highest BCUT2D eigenvalue weighted by Crippen LogP contribution is 2.38. The summed E-state index contributed by atoms with van der Waals surface area (Å²) in [4.78, 5) is 26.6. The van der Waals surface area contributed by atoms with E-state index >= 15 is 0 Å². The van der Waals surface area contributed by atoms with E-state index in [1.807, 2.05) is 0 Å². The zero-order valence-corrected chi connectivity index (χ0v) is 18.7. The summed E-state index contributed by atoms with van der Waals surface area (Å²) in [6.45, 7) is 1.35. The molecule has 11 nitrogen and oxygen atoms in total. The molecule has 184 valence electrons. The third kappa shape index (κ3) is 5.51. The largest absolute Gasteiger partial charge is 0.387 e. The van der Waals surface area contributed by atoms with Crippen LogP contribution >= 0.6 is 7.60 Å². The number of hydrogen-bond acceptors (Lipinski definition) is 8. The van der Waals surface area contributed by atoms with Gasteiger partial charge in [-0.05, 0) is 25.8 Å². The number of aliphatic hydroxyl groups excluding tert-OH is 2. The van der Waals surface area contributed by atoms with Gasteiger partial charge in [-0.15, -0.1) is 0 Å². The summed E-state index contributed by atoms with van der Waals surface area (Å²) >= 11 is 0. The van der Waals surface area contributed by atoms with E-state index in [2.05, 4.69) is 15.3 Å². The Morgan fingerprint density at radius 3 is 2.64 bits per heavy atom. The molecule has 14 heteroatoms. The minimum atomic E-state index is -4.38. The van der Waals surface area contributed by atoms with Crippen LogP contribution in [-0.4, -0.2) is 77.8 Å². The van der Waals surface area contributed by atoms with Gasteiger partial charge in [0.05, 0.1) is 12.0 Å². The molecule has 0 bridgehead atoms. The van der Waals surface area contributed by atoms with E-state index in [1.165, 1.54) is 4.57 Å². The number of fused-ring (bicyclic) bond motifs is 1. The summed E-state index contributed by atoms with van der Waals surface area (Å²) in [6.07, 6.45) is -3.73. The van der Waals surface area contributed by atoms with Gasteiger partial charge in [0.15, 0.2) is 6.23 Å². The number of anilines is 1. The number of hydrogen-bond donors (Lipinski definition) is 5. The minimum absolute atomic E-state index is 0.156. The molecule has 2 fully saturated rings. The number of aliphatic hydroxyl groups is 2. The maximum absolute atomic E-state index is 13.5. The van der Waals surface area contributed by atoms with Crippen molar-refractivity contribution in [3.8, 4) is 0 Å². The number of aromatic nitrogens is 3. The number of alkyl halides is 2. The van der Waals surface area contributed by atoms with Crippen molar-refractivity contribution < 1.29 is 42.8 Å². The summed E-state index contributed by atoms with van der Waals surface area (Å²) in [5.41, 5.74) is 0.416. The Balaban J connectivity index is 1.52. The molecule has 0 unspecified atom stereocenters. The summed E-state index contributed by atoms with van der Waals surface area (Å²) in [5.74, 6) is -1.73. The normalized spacial score (nSPS) is 28.5. The average molecular weight is 492 g/mol. The van der Waals surface area contributed by atoms with Crippen molar-refractivity contribution >= 4 is 24.4 Å². The molecule has 1 aliphatic heterocycles. The highest BCUT2D eigenvalue weighted by Gasteiger charge is 2.44. The van der Waals surface area contributed by atoms with E-state index in [0.717, 1.165) is 0 Å². The number of aryl methyl sites for hydroxylation is 1. The molecule has 0 amide bonds. The highest BCUT2D eigenvalue weighted by atomic mass is 31.2. The van der Waals surface area contributed by atoms with Crippen LogP contribution in [-0.2, 0) is 14.0 Å². The van der Waals surface area contributed by atoms with Gasteiger partial charge in [-0.1, -0.05) is 0 Å². The molecule has 4 rings (SSSR count). The van der Waals surface area contributed by atoms with E-state index < -0.39 is 44.4 Å². The van der Waals surface area contributed by atoms with Gasteiger partial charge in [0.25, 0.3) is 0 Å². The third-order valence-electron chi connectivity index (χ3n) is 5.89. The first kappa shape index (κ1) is 24.4. The summed E-state index contributed by atoms with van der Waals surface area (Å²) in [5, 5.41) is 24.7. The predicted molar refractivity (Wildman–Crippen MR) is 112 cm³/mol. The molecule has 0 aromatic carbocycles. The molecule has 1 aliphatic carbocycles. The van der Waals surface area contributed by atoms with Gasteiger partial charge in [0.1, 0.15) is 41.9 Å². The van der Waals surface area contributed by atoms with Crippen LogP contribution in [0.5, 0.6) is 0 Å². The van der Waals surface area contributed by atoms with Crippen LogP contribution in [0.2, 0.25) is 0 Å². The molecule has 1 saturated carbocycles. The fraction of sp³-hybridized carbons (Fsp3) is 0.684. The Morgan fingerprint density at radius 2 is 1.97 bits per heavy atom. The second kappa shape index (κ2) is 9.14. The van der Waals surface area contributed by atoms with Gasteiger partial charge in [0.2, 0.25) is 5.92 Å². The van der Waals surface area contributed by atoms with Crippen molar-refractivity contribution in [1.82, 2.24) is 14.5 Å². The summed E-state index contributed by atoms with van der Waals surface area (Å²) < 4.78 is 50.1. The second-order valence-electron chi connectivity index (χ2n) is 8.57. The number of ether oxygens (including phenoxy) is 2. The molecule has 4 atom stereocenters. The van der Waals surface area contributed by atoms with E-state index in [4.69, 9.17) is 19.3 Å². The van der Waals surface area contributed by atoms with Gasteiger partial charge in [-0.25, -0.2) is 18.7 Å². The van der Waals surface area contributed by atoms with Crippen LogP contribution in [0.25, 0.3) is 11.0 Å². The molecule has 3 heterocycles. The zero-order chi connectivity index (χ0) is 24.0. The molecule has 1 saturated heterocycles. The lowest BCUT2D eigenvalue weighted by Gasteiger charge is -2.29. The number of nitrogens with zero attached hydrogens (tertiary/aromatic N) is 3. The first-order valence-electron chi connectivity index (χ1n) is 10.6. The first-order chi connectivity index (χ1) is 15.4. The summed E-state index contributed by atoms with van der Waals surface area (Å²) in [7, 11) is -4.38. The van der Waals surface area contributed by atoms with Crippen molar-refractivity contribution in [3.63, 3.8) is 0 Å². The fourth-order valence-corrected chi connectivity index (χ4v) is 4.56. The molecular weight excluding hydrogens is 465 g/mol. The van der Waals surface area contributed by atoms with Crippen molar-refractivity contribution in [1.29, 1.82) is 0 Å². The van der Waals surface area contributed by atoms with Crippen molar-refractivity contribution in [3.05, 3.63) is 18.1 Å². The molecular formula is C19H27F2N4O7P. The lowest BCUT2D eigenvalue weighted by molar-refractivity contribution is -0.0611. The van der Waals surface area contributed by atoms with Gasteiger partial charge < -0.3 is 39.4 Å². The van der Waals surface area contributed by atoms with E-state index in [9.17, 15) is 23.6 Å².